The van der Waals surface area contributed by atoms with Crippen molar-refractivity contribution in [1.82, 2.24) is 10.6 Å². The van der Waals surface area contributed by atoms with E-state index in [1.54, 1.807) is 6.07 Å². The van der Waals surface area contributed by atoms with Crippen LogP contribution in [0.2, 0.25) is 5.02 Å². The second-order valence-corrected chi connectivity index (χ2v) is 5.85. The first kappa shape index (κ1) is 15.4. The molecule has 1 rings (SSSR count). The molecule has 0 spiro atoms. The van der Waals surface area contributed by atoms with Crippen LogP contribution >= 0.6 is 11.6 Å². The summed E-state index contributed by atoms with van der Waals surface area (Å²) in [5.41, 5.74) is 1.10. The van der Waals surface area contributed by atoms with Gasteiger partial charge in [-0.1, -0.05) is 17.7 Å². The molecule has 2 N–H and O–H groups in total. The van der Waals surface area contributed by atoms with Gasteiger partial charge in [-0.3, -0.25) is 0 Å². The average molecular weight is 273 g/mol. The second kappa shape index (κ2) is 7.07. The number of hydrogen-bond acceptors (Lipinski definition) is 2. The molecule has 0 aliphatic carbocycles. The first-order valence-electron chi connectivity index (χ1n) is 6.28. The zero-order valence-corrected chi connectivity index (χ0v) is 12.1. The van der Waals surface area contributed by atoms with Gasteiger partial charge in [-0.05, 0) is 58.0 Å². The van der Waals surface area contributed by atoms with Crippen LogP contribution in [0.25, 0.3) is 0 Å². The molecule has 1 aromatic carbocycles. The number of rotatable bonds is 6. The Bertz CT molecular complexity index is 375. The zero-order chi connectivity index (χ0) is 13.6. The first-order chi connectivity index (χ1) is 8.38. The van der Waals surface area contributed by atoms with Gasteiger partial charge in [0.25, 0.3) is 0 Å². The van der Waals surface area contributed by atoms with E-state index in [1.807, 2.05) is 0 Å². The molecule has 0 aromatic heterocycles. The highest BCUT2D eigenvalue weighted by Gasteiger charge is 2.07. The third-order valence-corrected chi connectivity index (χ3v) is 2.87. The molecule has 0 bridgehead atoms. The summed E-state index contributed by atoms with van der Waals surface area (Å²) in [4.78, 5) is 0. The Balaban J connectivity index is 2.18. The fraction of sp³-hybridized carbons (Fsp3) is 0.571. The summed E-state index contributed by atoms with van der Waals surface area (Å²) in [5.74, 6) is -0.293. The Labute approximate surface area is 114 Å². The van der Waals surface area contributed by atoms with Gasteiger partial charge in [0.15, 0.2) is 0 Å². The number of hydrogen-bond donors (Lipinski definition) is 2. The summed E-state index contributed by atoms with van der Waals surface area (Å²) in [6, 6.07) is 4.50. The molecule has 0 aliphatic rings. The Kier molecular flexibility index (Phi) is 6.06. The third-order valence-electron chi connectivity index (χ3n) is 2.52. The maximum atomic E-state index is 12.8. The quantitative estimate of drug-likeness (QED) is 0.776. The van der Waals surface area contributed by atoms with Crippen LogP contribution in [0.5, 0.6) is 0 Å². The minimum Gasteiger partial charge on any atom is -0.313 e. The van der Waals surface area contributed by atoms with Crippen molar-refractivity contribution in [2.24, 2.45) is 0 Å². The molecule has 18 heavy (non-hydrogen) atoms. The van der Waals surface area contributed by atoms with Crippen LogP contribution in [-0.4, -0.2) is 18.6 Å². The zero-order valence-electron chi connectivity index (χ0n) is 11.3. The van der Waals surface area contributed by atoms with Gasteiger partial charge < -0.3 is 10.6 Å². The molecule has 4 heteroatoms. The highest BCUT2D eigenvalue weighted by Crippen LogP contribution is 2.16. The predicted octanol–water partition coefficient (Wildman–Crippen LogP) is 3.35. The summed E-state index contributed by atoms with van der Waals surface area (Å²) in [6.45, 7) is 9.02. The van der Waals surface area contributed by atoms with E-state index in [4.69, 9.17) is 11.6 Å². The normalized spacial score (nSPS) is 11.8. The molecular formula is C14H22ClFN2. The molecular weight excluding hydrogens is 251 g/mol. The van der Waals surface area contributed by atoms with Gasteiger partial charge in [-0.15, -0.1) is 0 Å². The highest BCUT2D eigenvalue weighted by molar-refractivity contribution is 6.31. The molecule has 0 atom stereocenters. The van der Waals surface area contributed by atoms with E-state index in [1.165, 1.54) is 12.1 Å². The van der Waals surface area contributed by atoms with Crippen molar-refractivity contribution in [3.8, 4) is 0 Å². The molecule has 0 unspecified atom stereocenters. The van der Waals surface area contributed by atoms with Crippen molar-refractivity contribution in [1.29, 1.82) is 0 Å². The van der Waals surface area contributed by atoms with E-state index >= 15 is 0 Å². The SMILES string of the molecule is CC(C)(C)NCCCNCc1ccc(F)cc1Cl. The molecule has 0 radical (unpaired) electrons. The number of halogens is 2. The summed E-state index contributed by atoms with van der Waals surface area (Å²) in [7, 11) is 0. The van der Waals surface area contributed by atoms with E-state index in [9.17, 15) is 4.39 Å². The number of nitrogens with one attached hydrogen (secondary N) is 2. The van der Waals surface area contributed by atoms with Crippen molar-refractivity contribution in [3.63, 3.8) is 0 Å². The molecule has 2 nitrogen and oxygen atoms in total. The Morgan fingerprint density at radius 3 is 2.56 bits per heavy atom. The van der Waals surface area contributed by atoms with Gasteiger partial charge in [-0.25, -0.2) is 4.39 Å². The van der Waals surface area contributed by atoms with Crippen LogP contribution < -0.4 is 10.6 Å². The van der Waals surface area contributed by atoms with Gasteiger partial charge in [-0.2, -0.15) is 0 Å². The van der Waals surface area contributed by atoms with Crippen LogP contribution in [0.15, 0.2) is 18.2 Å². The molecule has 0 saturated heterocycles. The highest BCUT2D eigenvalue weighted by atomic mass is 35.5. The maximum Gasteiger partial charge on any atom is 0.124 e. The smallest absolute Gasteiger partial charge is 0.124 e. The standard InChI is InChI=1S/C14H22ClFN2/c1-14(2,3)18-8-4-7-17-10-11-5-6-12(16)9-13(11)15/h5-6,9,17-18H,4,7-8,10H2,1-3H3. The van der Waals surface area contributed by atoms with Crippen molar-refractivity contribution >= 4 is 11.6 Å². The van der Waals surface area contributed by atoms with Gasteiger partial charge in [0.1, 0.15) is 5.82 Å². The van der Waals surface area contributed by atoms with Gasteiger partial charge in [0.05, 0.1) is 0 Å². The molecule has 1 aromatic rings. The average Bonchev–Trinajstić information content (AvgIpc) is 2.24. The van der Waals surface area contributed by atoms with Gasteiger partial charge in [0, 0.05) is 17.1 Å². The van der Waals surface area contributed by atoms with E-state index in [0.717, 1.165) is 25.1 Å². The van der Waals surface area contributed by atoms with E-state index < -0.39 is 0 Å². The Hall–Kier alpha value is -0.640. The molecule has 102 valence electrons. The molecule has 0 aliphatic heterocycles. The fourth-order valence-electron chi connectivity index (χ4n) is 1.56. The summed E-state index contributed by atoms with van der Waals surface area (Å²) < 4.78 is 12.8. The van der Waals surface area contributed by atoms with Crippen LogP contribution in [-0.2, 0) is 6.54 Å². The second-order valence-electron chi connectivity index (χ2n) is 5.44. The Morgan fingerprint density at radius 2 is 1.94 bits per heavy atom. The van der Waals surface area contributed by atoms with Gasteiger partial charge >= 0.3 is 0 Å². The largest absolute Gasteiger partial charge is 0.313 e. The van der Waals surface area contributed by atoms with Crippen LogP contribution in [0.4, 0.5) is 4.39 Å². The third kappa shape index (κ3) is 6.34. The minimum atomic E-state index is -0.293. The first-order valence-corrected chi connectivity index (χ1v) is 6.66. The van der Waals surface area contributed by atoms with E-state index in [0.29, 0.717) is 11.6 Å². The molecule has 0 heterocycles. The minimum absolute atomic E-state index is 0.167. The van der Waals surface area contributed by atoms with Crippen molar-refractivity contribution in [3.05, 3.63) is 34.6 Å². The Morgan fingerprint density at radius 1 is 1.22 bits per heavy atom. The monoisotopic (exact) mass is 272 g/mol. The molecule has 0 amide bonds. The lowest BCUT2D eigenvalue weighted by Crippen LogP contribution is -2.37. The fourth-order valence-corrected chi connectivity index (χ4v) is 1.80. The van der Waals surface area contributed by atoms with Crippen LogP contribution in [0, 0.1) is 5.82 Å². The predicted molar refractivity (Wildman–Crippen MR) is 75.5 cm³/mol. The van der Waals surface area contributed by atoms with Crippen molar-refractivity contribution < 1.29 is 4.39 Å². The van der Waals surface area contributed by atoms with Gasteiger partial charge in [0.2, 0.25) is 0 Å². The van der Waals surface area contributed by atoms with Crippen molar-refractivity contribution in [2.75, 3.05) is 13.1 Å². The van der Waals surface area contributed by atoms with Crippen molar-refractivity contribution in [2.45, 2.75) is 39.3 Å². The van der Waals surface area contributed by atoms with Crippen LogP contribution in [0.3, 0.4) is 0 Å². The molecule has 0 saturated carbocycles. The van der Waals surface area contributed by atoms with E-state index in [2.05, 4.69) is 31.4 Å². The summed E-state index contributed by atoms with van der Waals surface area (Å²) >= 11 is 5.94. The maximum absolute atomic E-state index is 12.8. The lowest BCUT2D eigenvalue weighted by atomic mass is 10.1. The lowest BCUT2D eigenvalue weighted by Gasteiger charge is -2.20. The summed E-state index contributed by atoms with van der Waals surface area (Å²) in [6.07, 6.45) is 1.05. The number of benzene rings is 1. The molecule has 0 fully saturated rings. The summed E-state index contributed by atoms with van der Waals surface area (Å²) in [5, 5.41) is 7.21. The lowest BCUT2D eigenvalue weighted by molar-refractivity contribution is 0.418. The topological polar surface area (TPSA) is 24.1 Å². The van der Waals surface area contributed by atoms with Crippen LogP contribution in [0.1, 0.15) is 32.8 Å². The van der Waals surface area contributed by atoms with E-state index in [-0.39, 0.29) is 11.4 Å².